The third kappa shape index (κ3) is 2.48. The molecule has 2 nitrogen and oxygen atoms in total. The van der Waals surface area contributed by atoms with Crippen molar-refractivity contribution in [2.75, 3.05) is 6.61 Å². The number of hydrogen-bond donors (Lipinski definition) is 2. The number of nitrogens with one attached hydrogen (secondary N) is 1. The third-order valence-electron chi connectivity index (χ3n) is 3.91. The maximum Gasteiger partial charge on any atom is 0.0448 e. The molecule has 0 atom stereocenters. The van der Waals surface area contributed by atoms with Crippen molar-refractivity contribution in [3.63, 3.8) is 0 Å². The molecule has 0 aliphatic heterocycles. The average Bonchev–Trinajstić information content (AvgIpc) is 2.95. The molecule has 0 saturated heterocycles. The molecule has 2 N–H and O–H groups in total. The number of hydrogen-bond acceptors (Lipinski definition) is 2. The third-order valence-corrected chi connectivity index (χ3v) is 3.91. The van der Waals surface area contributed by atoms with Crippen molar-refractivity contribution < 1.29 is 5.11 Å². The molecule has 82 valence electrons. The first-order valence-electron chi connectivity index (χ1n) is 6.13. The van der Waals surface area contributed by atoms with Gasteiger partial charge in [0.05, 0.1) is 0 Å². The quantitative estimate of drug-likeness (QED) is 0.723. The highest BCUT2D eigenvalue weighted by Crippen LogP contribution is 2.36. The summed E-state index contributed by atoms with van der Waals surface area (Å²) >= 11 is 0. The molecule has 2 aliphatic rings. The standard InChI is InChI=1S/C12H23NO/c1-10-4-6-12(7-5-10,8-9-14)13-11-2-3-11/h10-11,13-14H,2-9H2,1H3. The molecule has 2 fully saturated rings. The fraction of sp³-hybridized carbons (Fsp3) is 1.00. The van der Waals surface area contributed by atoms with E-state index in [0.29, 0.717) is 12.1 Å². The molecular formula is C12H23NO. The number of rotatable bonds is 4. The fourth-order valence-electron chi connectivity index (χ4n) is 2.66. The zero-order chi connectivity index (χ0) is 10.0. The highest BCUT2D eigenvalue weighted by atomic mass is 16.3. The molecule has 0 heterocycles. The Bertz CT molecular complexity index is 181. The van der Waals surface area contributed by atoms with Crippen LogP contribution in [0.3, 0.4) is 0 Å². The molecular weight excluding hydrogens is 174 g/mol. The lowest BCUT2D eigenvalue weighted by Crippen LogP contribution is -2.49. The van der Waals surface area contributed by atoms with Gasteiger partial charge in [-0.25, -0.2) is 0 Å². The van der Waals surface area contributed by atoms with Crippen molar-refractivity contribution in [2.45, 2.75) is 63.5 Å². The molecule has 2 rings (SSSR count). The minimum absolute atomic E-state index is 0.294. The summed E-state index contributed by atoms with van der Waals surface area (Å²) in [4.78, 5) is 0. The van der Waals surface area contributed by atoms with E-state index in [2.05, 4.69) is 12.2 Å². The second kappa shape index (κ2) is 4.19. The van der Waals surface area contributed by atoms with Gasteiger partial charge in [0.15, 0.2) is 0 Å². The highest BCUT2D eigenvalue weighted by molar-refractivity contribution is 4.97. The van der Waals surface area contributed by atoms with E-state index in [9.17, 15) is 0 Å². The maximum atomic E-state index is 9.14. The summed E-state index contributed by atoms with van der Waals surface area (Å²) in [5, 5.41) is 12.9. The average molecular weight is 197 g/mol. The van der Waals surface area contributed by atoms with E-state index < -0.39 is 0 Å². The van der Waals surface area contributed by atoms with Crippen LogP contribution in [-0.4, -0.2) is 23.3 Å². The van der Waals surface area contributed by atoms with Crippen molar-refractivity contribution in [3.05, 3.63) is 0 Å². The largest absolute Gasteiger partial charge is 0.396 e. The van der Waals surface area contributed by atoms with Crippen molar-refractivity contribution in [1.82, 2.24) is 5.32 Å². The monoisotopic (exact) mass is 197 g/mol. The Balaban J connectivity index is 1.90. The molecule has 2 aliphatic carbocycles. The van der Waals surface area contributed by atoms with Crippen LogP contribution < -0.4 is 5.32 Å². The van der Waals surface area contributed by atoms with Crippen LogP contribution >= 0.6 is 0 Å². The second-order valence-corrected chi connectivity index (χ2v) is 5.36. The van der Waals surface area contributed by atoms with E-state index in [1.54, 1.807) is 0 Å². The van der Waals surface area contributed by atoms with Crippen LogP contribution in [0.2, 0.25) is 0 Å². The Labute approximate surface area is 87.1 Å². The topological polar surface area (TPSA) is 32.3 Å². The number of aliphatic hydroxyl groups excluding tert-OH is 1. The number of aliphatic hydroxyl groups is 1. The Morgan fingerprint density at radius 2 is 1.86 bits per heavy atom. The van der Waals surface area contributed by atoms with Crippen molar-refractivity contribution in [3.8, 4) is 0 Å². The zero-order valence-electron chi connectivity index (χ0n) is 9.26. The van der Waals surface area contributed by atoms with Gasteiger partial charge in [-0.1, -0.05) is 6.92 Å². The Morgan fingerprint density at radius 3 is 2.36 bits per heavy atom. The molecule has 0 radical (unpaired) electrons. The predicted octanol–water partition coefficient (Wildman–Crippen LogP) is 2.07. The molecule has 14 heavy (non-hydrogen) atoms. The Morgan fingerprint density at radius 1 is 1.21 bits per heavy atom. The minimum atomic E-state index is 0.294. The molecule has 0 aromatic rings. The highest BCUT2D eigenvalue weighted by Gasteiger charge is 2.37. The summed E-state index contributed by atoms with van der Waals surface area (Å²) in [5.41, 5.74) is 0.294. The van der Waals surface area contributed by atoms with Crippen LogP contribution in [-0.2, 0) is 0 Å². The van der Waals surface area contributed by atoms with Gasteiger partial charge >= 0.3 is 0 Å². The minimum Gasteiger partial charge on any atom is -0.396 e. The van der Waals surface area contributed by atoms with Crippen LogP contribution in [0.5, 0.6) is 0 Å². The molecule has 0 aromatic heterocycles. The molecule has 2 heteroatoms. The van der Waals surface area contributed by atoms with Crippen molar-refractivity contribution in [2.24, 2.45) is 5.92 Å². The van der Waals surface area contributed by atoms with E-state index in [4.69, 9.17) is 5.11 Å². The summed E-state index contributed by atoms with van der Waals surface area (Å²) in [6.07, 6.45) is 8.86. The van der Waals surface area contributed by atoms with E-state index in [0.717, 1.165) is 18.4 Å². The normalized spacial score (nSPS) is 38.6. The maximum absolute atomic E-state index is 9.14. The van der Waals surface area contributed by atoms with E-state index in [1.807, 2.05) is 0 Å². The molecule has 0 aromatic carbocycles. The summed E-state index contributed by atoms with van der Waals surface area (Å²) in [7, 11) is 0. The molecule has 2 saturated carbocycles. The summed E-state index contributed by atoms with van der Waals surface area (Å²) in [6, 6.07) is 0.773. The van der Waals surface area contributed by atoms with Crippen molar-refractivity contribution >= 4 is 0 Å². The summed E-state index contributed by atoms with van der Waals surface area (Å²) < 4.78 is 0. The van der Waals surface area contributed by atoms with E-state index in [-0.39, 0.29) is 0 Å². The van der Waals surface area contributed by atoms with Gasteiger partial charge in [-0.05, 0) is 50.9 Å². The Kier molecular flexibility index (Phi) is 3.13. The summed E-state index contributed by atoms with van der Waals surface area (Å²) in [5.74, 6) is 0.892. The predicted molar refractivity (Wildman–Crippen MR) is 58.2 cm³/mol. The van der Waals surface area contributed by atoms with Crippen LogP contribution in [0.25, 0.3) is 0 Å². The van der Waals surface area contributed by atoms with Crippen LogP contribution in [0.4, 0.5) is 0 Å². The molecule has 0 spiro atoms. The van der Waals surface area contributed by atoms with Gasteiger partial charge in [-0.15, -0.1) is 0 Å². The zero-order valence-corrected chi connectivity index (χ0v) is 9.26. The van der Waals surface area contributed by atoms with Gasteiger partial charge in [0.1, 0.15) is 0 Å². The smallest absolute Gasteiger partial charge is 0.0448 e. The van der Waals surface area contributed by atoms with Gasteiger partial charge in [-0.2, -0.15) is 0 Å². The first-order valence-corrected chi connectivity index (χ1v) is 6.13. The first-order chi connectivity index (χ1) is 6.74. The first kappa shape index (κ1) is 10.4. The Hall–Kier alpha value is -0.0800. The van der Waals surface area contributed by atoms with Gasteiger partial charge in [0, 0.05) is 18.2 Å². The lowest BCUT2D eigenvalue weighted by molar-refractivity contribution is 0.144. The van der Waals surface area contributed by atoms with Crippen molar-refractivity contribution in [1.29, 1.82) is 0 Å². The van der Waals surface area contributed by atoms with Crippen LogP contribution in [0, 0.1) is 5.92 Å². The second-order valence-electron chi connectivity index (χ2n) is 5.36. The molecule has 0 amide bonds. The van der Waals surface area contributed by atoms with Gasteiger partial charge in [0.25, 0.3) is 0 Å². The van der Waals surface area contributed by atoms with Gasteiger partial charge in [0.2, 0.25) is 0 Å². The SMILES string of the molecule is CC1CCC(CCO)(NC2CC2)CC1. The molecule has 0 bridgehead atoms. The fourth-order valence-corrected chi connectivity index (χ4v) is 2.66. The molecule has 0 unspecified atom stereocenters. The van der Waals surface area contributed by atoms with Gasteiger partial charge in [-0.3, -0.25) is 0 Å². The van der Waals surface area contributed by atoms with E-state index in [1.165, 1.54) is 38.5 Å². The van der Waals surface area contributed by atoms with Gasteiger partial charge < -0.3 is 10.4 Å². The lowest BCUT2D eigenvalue weighted by atomic mass is 9.75. The van der Waals surface area contributed by atoms with E-state index >= 15 is 0 Å². The van der Waals surface area contributed by atoms with Crippen LogP contribution in [0.1, 0.15) is 51.9 Å². The lowest BCUT2D eigenvalue weighted by Gasteiger charge is -2.40. The summed E-state index contributed by atoms with van der Waals surface area (Å²) in [6.45, 7) is 2.69. The van der Waals surface area contributed by atoms with Crippen LogP contribution in [0.15, 0.2) is 0 Å².